The Morgan fingerprint density at radius 2 is 1.12 bits per heavy atom. The molecule has 4 rings (SSSR count). The Kier molecular flexibility index (Phi) is 5.71. The molecule has 1 aliphatic heterocycles. The number of hydrogen-bond acceptors (Lipinski definition) is 1. The van der Waals surface area contributed by atoms with Gasteiger partial charge in [0.25, 0.3) is 0 Å². The van der Waals surface area contributed by atoms with Gasteiger partial charge in [-0.25, -0.2) is 0 Å². The standard InChI is InChI=1S/C23H18O.HI/c1-4-10-18(11-5-1)21-16-22(19-12-6-2-7-13-19)24-23(17-21)20-14-8-3-9-15-20;/h1-17,22H;1H. The predicted octanol–water partition coefficient (Wildman–Crippen LogP) is 6.50. The van der Waals surface area contributed by atoms with Crippen LogP contribution in [0.15, 0.2) is 103 Å². The van der Waals surface area contributed by atoms with Crippen LogP contribution in [0.1, 0.15) is 22.8 Å². The van der Waals surface area contributed by atoms with Crippen molar-refractivity contribution in [2.24, 2.45) is 0 Å². The molecular formula is C23H19IO. The van der Waals surface area contributed by atoms with Crippen molar-refractivity contribution in [2.45, 2.75) is 6.10 Å². The fourth-order valence-corrected chi connectivity index (χ4v) is 2.93. The Bertz CT molecular complexity index is 868. The van der Waals surface area contributed by atoms with Crippen LogP contribution in [0.4, 0.5) is 0 Å². The van der Waals surface area contributed by atoms with E-state index >= 15 is 0 Å². The number of allylic oxidation sites excluding steroid dienone is 2. The summed E-state index contributed by atoms with van der Waals surface area (Å²) in [6, 6.07) is 31.1. The quantitative estimate of drug-likeness (QED) is 0.424. The van der Waals surface area contributed by atoms with Crippen molar-refractivity contribution in [3.8, 4) is 0 Å². The summed E-state index contributed by atoms with van der Waals surface area (Å²) in [4.78, 5) is 0. The minimum Gasteiger partial charge on any atom is -0.481 e. The maximum absolute atomic E-state index is 6.29. The largest absolute Gasteiger partial charge is 0.481 e. The Labute approximate surface area is 165 Å². The van der Waals surface area contributed by atoms with E-state index in [0.29, 0.717) is 0 Å². The van der Waals surface area contributed by atoms with Gasteiger partial charge in [0, 0.05) is 5.56 Å². The molecule has 0 amide bonds. The fourth-order valence-electron chi connectivity index (χ4n) is 2.93. The third-order valence-electron chi connectivity index (χ3n) is 4.16. The molecule has 3 aromatic rings. The van der Waals surface area contributed by atoms with E-state index in [1.807, 2.05) is 30.3 Å². The first-order valence-corrected chi connectivity index (χ1v) is 8.16. The van der Waals surface area contributed by atoms with Gasteiger partial charge in [0.05, 0.1) is 0 Å². The Morgan fingerprint density at radius 3 is 1.72 bits per heavy atom. The Morgan fingerprint density at radius 1 is 0.600 bits per heavy atom. The van der Waals surface area contributed by atoms with Crippen LogP contribution in [0, 0.1) is 0 Å². The van der Waals surface area contributed by atoms with Crippen molar-refractivity contribution >= 4 is 35.3 Å². The first-order chi connectivity index (χ1) is 11.9. The fraction of sp³-hybridized carbons (Fsp3) is 0.0435. The number of hydrogen-bond donors (Lipinski definition) is 0. The van der Waals surface area contributed by atoms with E-state index in [9.17, 15) is 0 Å². The lowest BCUT2D eigenvalue weighted by atomic mass is 9.97. The Hall–Kier alpha value is -2.33. The van der Waals surface area contributed by atoms with Gasteiger partial charge in [-0.3, -0.25) is 0 Å². The summed E-state index contributed by atoms with van der Waals surface area (Å²) >= 11 is 0. The van der Waals surface area contributed by atoms with E-state index < -0.39 is 0 Å². The molecule has 0 aliphatic carbocycles. The average Bonchev–Trinajstić information content (AvgIpc) is 2.70. The predicted molar refractivity (Wildman–Crippen MR) is 115 cm³/mol. The van der Waals surface area contributed by atoms with Crippen molar-refractivity contribution < 1.29 is 4.74 Å². The zero-order valence-electron chi connectivity index (χ0n) is 13.7. The van der Waals surface area contributed by atoms with Crippen LogP contribution in [0.5, 0.6) is 0 Å². The van der Waals surface area contributed by atoms with Crippen LogP contribution < -0.4 is 0 Å². The van der Waals surface area contributed by atoms with Gasteiger partial charge in [0.1, 0.15) is 11.9 Å². The molecule has 1 nitrogen and oxygen atoms in total. The second-order valence-corrected chi connectivity index (χ2v) is 5.81. The van der Waals surface area contributed by atoms with Crippen LogP contribution in [0.2, 0.25) is 0 Å². The van der Waals surface area contributed by atoms with Crippen molar-refractivity contribution in [3.05, 3.63) is 120 Å². The van der Waals surface area contributed by atoms with Crippen LogP contribution in [-0.4, -0.2) is 0 Å². The van der Waals surface area contributed by atoms with Crippen LogP contribution in [0.3, 0.4) is 0 Å². The van der Waals surface area contributed by atoms with Crippen LogP contribution >= 0.6 is 24.0 Å². The molecule has 0 fully saturated rings. The van der Waals surface area contributed by atoms with E-state index in [0.717, 1.165) is 16.9 Å². The van der Waals surface area contributed by atoms with Gasteiger partial charge >= 0.3 is 0 Å². The molecule has 124 valence electrons. The highest BCUT2D eigenvalue weighted by molar-refractivity contribution is 14.0. The van der Waals surface area contributed by atoms with E-state index in [2.05, 4.69) is 72.8 Å². The lowest BCUT2D eigenvalue weighted by Gasteiger charge is -2.24. The van der Waals surface area contributed by atoms with Crippen molar-refractivity contribution in [1.82, 2.24) is 0 Å². The number of halogens is 1. The van der Waals surface area contributed by atoms with E-state index in [4.69, 9.17) is 4.74 Å². The minimum absolute atomic E-state index is 0. The molecule has 0 spiro atoms. The highest BCUT2D eigenvalue weighted by atomic mass is 127. The second kappa shape index (κ2) is 8.17. The summed E-state index contributed by atoms with van der Waals surface area (Å²) in [6.45, 7) is 0. The molecule has 0 bridgehead atoms. The molecule has 1 atom stereocenters. The molecule has 25 heavy (non-hydrogen) atoms. The van der Waals surface area contributed by atoms with Gasteiger partial charge in [-0.2, -0.15) is 0 Å². The molecule has 1 heterocycles. The molecule has 0 radical (unpaired) electrons. The van der Waals surface area contributed by atoms with Gasteiger partial charge in [-0.1, -0.05) is 91.0 Å². The molecule has 0 aromatic heterocycles. The first-order valence-electron chi connectivity index (χ1n) is 8.16. The molecule has 3 aromatic carbocycles. The maximum Gasteiger partial charge on any atom is 0.143 e. The van der Waals surface area contributed by atoms with Crippen LogP contribution in [0.25, 0.3) is 11.3 Å². The molecule has 2 heteroatoms. The molecule has 1 aliphatic rings. The van der Waals surface area contributed by atoms with E-state index in [1.165, 1.54) is 11.1 Å². The molecule has 0 saturated heterocycles. The SMILES string of the molecule is C1=C(c2ccccc2)C=C(c2ccccc2)OC1c1ccccc1.I. The van der Waals surface area contributed by atoms with Crippen molar-refractivity contribution in [3.63, 3.8) is 0 Å². The molecule has 0 saturated carbocycles. The van der Waals surface area contributed by atoms with Gasteiger partial charge in [-0.05, 0) is 28.9 Å². The van der Waals surface area contributed by atoms with Gasteiger partial charge in [0.2, 0.25) is 0 Å². The lowest BCUT2D eigenvalue weighted by Crippen LogP contribution is -2.06. The lowest BCUT2D eigenvalue weighted by molar-refractivity contribution is 0.213. The molecule has 1 unspecified atom stereocenters. The zero-order valence-corrected chi connectivity index (χ0v) is 16.0. The Balaban J connectivity index is 0.00000182. The first kappa shape index (κ1) is 17.5. The minimum atomic E-state index is -0.0818. The summed E-state index contributed by atoms with van der Waals surface area (Å²) in [5, 5.41) is 0. The summed E-state index contributed by atoms with van der Waals surface area (Å²) in [7, 11) is 0. The summed E-state index contributed by atoms with van der Waals surface area (Å²) in [6.07, 6.45) is 4.24. The van der Waals surface area contributed by atoms with Crippen LogP contribution in [-0.2, 0) is 4.74 Å². The summed E-state index contributed by atoms with van der Waals surface area (Å²) in [5.41, 5.74) is 4.65. The van der Waals surface area contributed by atoms with Gasteiger partial charge < -0.3 is 4.74 Å². The highest BCUT2D eigenvalue weighted by Crippen LogP contribution is 2.36. The monoisotopic (exact) mass is 438 g/mol. The second-order valence-electron chi connectivity index (χ2n) is 5.81. The smallest absolute Gasteiger partial charge is 0.143 e. The average molecular weight is 438 g/mol. The van der Waals surface area contributed by atoms with Crippen molar-refractivity contribution in [2.75, 3.05) is 0 Å². The van der Waals surface area contributed by atoms with Crippen molar-refractivity contribution in [1.29, 1.82) is 0 Å². The highest BCUT2D eigenvalue weighted by Gasteiger charge is 2.19. The normalized spacial score (nSPS) is 16.1. The summed E-state index contributed by atoms with van der Waals surface area (Å²) < 4.78 is 6.29. The summed E-state index contributed by atoms with van der Waals surface area (Å²) in [5.74, 6) is 0.908. The van der Waals surface area contributed by atoms with E-state index in [1.54, 1.807) is 0 Å². The molecule has 0 N–H and O–H groups in total. The molecular weight excluding hydrogens is 419 g/mol. The maximum atomic E-state index is 6.29. The third-order valence-corrected chi connectivity index (χ3v) is 4.16. The third kappa shape index (κ3) is 4.02. The van der Waals surface area contributed by atoms with Gasteiger partial charge in [0.15, 0.2) is 0 Å². The number of ether oxygens (including phenoxy) is 1. The van der Waals surface area contributed by atoms with Gasteiger partial charge in [-0.15, -0.1) is 24.0 Å². The topological polar surface area (TPSA) is 9.23 Å². The number of rotatable bonds is 3. The zero-order chi connectivity index (χ0) is 16.2. The van der Waals surface area contributed by atoms with E-state index in [-0.39, 0.29) is 30.1 Å². The number of benzene rings is 3.